The highest BCUT2D eigenvalue weighted by Gasteiger charge is 2.45. The number of thioether (sulfide) groups is 1. The number of aliphatic imine (C=N–C) groups is 1. The van der Waals surface area contributed by atoms with Gasteiger partial charge in [0.2, 0.25) is 5.91 Å². The van der Waals surface area contributed by atoms with Crippen molar-refractivity contribution in [2.75, 3.05) is 19.6 Å². The zero-order valence-electron chi connectivity index (χ0n) is 18.2. The lowest BCUT2D eigenvalue weighted by molar-refractivity contribution is -0.136. The number of nitrogens with one attached hydrogen (secondary N) is 1. The van der Waals surface area contributed by atoms with Crippen LogP contribution in [-0.4, -0.2) is 70.1 Å². The maximum atomic E-state index is 13.3. The molecule has 2 aromatic heterocycles. The lowest BCUT2D eigenvalue weighted by Gasteiger charge is -2.37. The third-order valence-corrected chi connectivity index (χ3v) is 8.72. The van der Waals surface area contributed by atoms with Crippen LogP contribution in [0.5, 0.6) is 0 Å². The summed E-state index contributed by atoms with van der Waals surface area (Å²) in [5.41, 5.74) is 7.61. The maximum Gasteiger partial charge on any atom is 0.381 e. The number of carbonyl (C=O) groups excluding carboxylic acids is 2. The van der Waals surface area contributed by atoms with Gasteiger partial charge in [0.1, 0.15) is 16.0 Å². The van der Waals surface area contributed by atoms with Crippen molar-refractivity contribution in [2.45, 2.75) is 22.9 Å². The molecule has 4 heterocycles. The lowest BCUT2D eigenvalue weighted by Crippen LogP contribution is -3.00. The minimum Gasteiger partial charge on any atom is -1.00 e. The fourth-order valence-electron chi connectivity index (χ4n) is 3.97. The first kappa shape index (κ1) is 25.9. The summed E-state index contributed by atoms with van der Waals surface area (Å²) in [5.74, 6) is -1.27. The number of pyridine rings is 1. The molecule has 1 unspecified atom stereocenters. The van der Waals surface area contributed by atoms with Crippen molar-refractivity contribution >= 4 is 66.8 Å². The zero-order chi connectivity index (χ0) is 24.2. The van der Waals surface area contributed by atoms with E-state index in [4.69, 9.17) is 17.3 Å². The molecule has 0 spiro atoms. The van der Waals surface area contributed by atoms with E-state index in [2.05, 4.69) is 15.0 Å². The first-order valence-corrected chi connectivity index (χ1v) is 12.9. The quantitative estimate of drug-likeness (QED) is 0.327. The molecule has 0 saturated carbocycles. The van der Waals surface area contributed by atoms with Gasteiger partial charge in [0, 0.05) is 65.3 Å². The number of benzene rings is 1. The number of nitrogens with two attached hydrogens (primary N) is 1. The van der Waals surface area contributed by atoms with E-state index in [0.717, 1.165) is 26.7 Å². The lowest BCUT2D eigenvalue weighted by atomic mass is 10.2. The Morgan fingerprint density at radius 1 is 1.26 bits per heavy atom. The van der Waals surface area contributed by atoms with Gasteiger partial charge in [0.05, 0.1) is 4.99 Å². The molecule has 1 radical (unpaired) electrons. The summed E-state index contributed by atoms with van der Waals surface area (Å²) in [5, 5.41) is 1.29. The number of rotatable bonds is 4. The number of aromatic nitrogens is 2. The normalized spacial score (nSPS) is 18.2. The molecule has 1 saturated heterocycles. The van der Waals surface area contributed by atoms with Crippen molar-refractivity contribution in [3.63, 3.8) is 0 Å². The zero-order valence-corrected chi connectivity index (χ0v) is 22.8. The number of piperazine rings is 1. The molecule has 14 heteroatoms. The number of halogens is 2. The number of carbonyl (C=O) groups is 2. The molecule has 3 aromatic rings. The molecule has 183 valence electrons. The minimum atomic E-state index is -3.97. The Balaban J connectivity index is 0.00000289. The van der Waals surface area contributed by atoms with Crippen LogP contribution in [0.3, 0.4) is 0 Å². The van der Waals surface area contributed by atoms with Crippen LogP contribution < -0.4 is 34.7 Å². The van der Waals surface area contributed by atoms with Crippen molar-refractivity contribution in [2.24, 2.45) is 5.73 Å². The Kier molecular flexibility index (Phi) is 7.16. The fourth-order valence-corrected chi connectivity index (χ4v) is 6.47. The van der Waals surface area contributed by atoms with Crippen LogP contribution in [0.1, 0.15) is 5.69 Å². The van der Waals surface area contributed by atoms with Gasteiger partial charge in [-0.15, -0.1) is 0 Å². The second-order valence-corrected chi connectivity index (χ2v) is 11.3. The standard InChI is InChI=1S/C21H19ClN6O4S2.HI/c1-11-6-15-17(9-24-11)33-20(26-15)21(30)28-5-4-27(10-16(28)19(23)29)34(31,32)18-8-12-7-13(22)2-3-14(12)25-18;/h2-3,6-9,16,25H,4-5,10H2,1H3,(H2,23,29);1H/q+1;/p-1. The molecule has 1 aromatic carbocycles. The van der Waals surface area contributed by atoms with Crippen molar-refractivity contribution in [1.29, 1.82) is 0 Å². The van der Waals surface area contributed by atoms with Gasteiger partial charge in [0.15, 0.2) is 0 Å². The van der Waals surface area contributed by atoms with E-state index < -0.39 is 27.9 Å². The van der Waals surface area contributed by atoms with Gasteiger partial charge in [-0.3, -0.25) is 14.6 Å². The number of primary amides is 1. The molecular weight excluding hydrogens is 627 g/mol. The second kappa shape index (κ2) is 9.69. The third-order valence-electron chi connectivity index (χ3n) is 5.70. The van der Waals surface area contributed by atoms with Crippen LogP contribution in [0.2, 0.25) is 5.02 Å². The van der Waals surface area contributed by atoms with E-state index in [1.54, 1.807) is 30.5 Å². The summed E-state index contributed by atoms with van der Waals surface area (Å²) >= 11 is 7.17. The van der Waals surface area contributed by atoms with E-state index in [0.29, 0.717) is 21.6 Å². The molecule has 2 aliphatic heterocycles. The van der Waals surface area contributed by atoms with Gasteiger partial charge in [-0.2, -0.15) is 4.31 Å². The Hall–Kier alpha value is -2.20. The Morgan fingerprint density at radius 3 is 2.77 bits per heavy atom. The fraction of sp³-hybridized carbons (Fsp3) is 0.238. The molecule has 2 amide bonds. The van der Waals surface area contributed by atoms with Gasteiger partial charge in [-0.25, -0.2) is 8.42 Å². The highest BCUT2D eigenvalue weighted by atomic mass is 127. The summed E-state index contributed by atoms with van der Waals surface area (Å²) in [6.45, 7) is 1.56. The second-order valence-electron chi connectivity index (χ2n) is 7.96. The number of amides is 2. The number of sulfonamides is 1. The number of H-pyrrole nitrogens is 1. The number of fused-ring (bicyclic) bond motifs is 2. The smallest absolute Gasteiger partial charge is 0.381 e. The molecule has 10 nitrogen and oxygen atoms in total. The minimum absolute atomic E-state index is 0. The Labute approximate surface area is 227 Å². The molecule has 35 heavy (non-hydrogen) atoms. The van der Waals surface area contributed by atoms with Gasteiger partial charge >= 0.3 is 11.0 Å². The Bertz CT molecular complexity index is 1490. The highest BCUT2D eigenvalue weighted by Crippen LogP contribution is 2.34. The van der Waals surface area contributed by atoms with Crippen molar-refractivity contribution in [3.8, 4) is 0 Å². The van der Waals surface area contributed by atoms with Crippen LogP contribution >= 0.6 is 23.4 Å². The van der Waals surface area contributed by atoms with Crippen LogP contribution in [0.25, 0.3) is 10.9 Å². The van der Waals surface area contributed by atoms with Gasteiger partial charge in [0.25, 0.3) is 15.7 Å². The predicted molar refractivity (Wildman–Crippen MR) is 128 cm³/mol. The van der Waals surface area contributed by atoms with Crippen molar-refractivity contribution in [3.05, 3.63) is 47.2 Å². The molecule has 3 N–H and O–H groups in total. The first-order valence-electron chi connectivity index (χ1n) is 10.3. The molecule has 1 fully saturated rings. The maximum absolute atomic E-state index is 13.3. The number of hydrogen-bond acceptors (Lipinski definition) is 7. The van der Waals surface area contributed by atoms with Crippen LogP contribution in [0, 0.1) is 6.92 Å². The average Bonchev–Trinajstić information content (AvgIpc) is 3.42. The number of aryl methyl sites for hydroxylation is 1. The number of nitrogens with zero attached hydrogens (tertiary/aromatic N) is 4. The van der Waals surface area contributed by atoms with Gasteiger partial charge in [-0.1, -0.05) is 11.6 Å². The van der Waals surface area contributed by atoms with Crippen molar-refractivity contribution < 1.29 is 42.0 Å². The summed E-state index contributed by atoms with van der Waals surface area (Å²) in [6.07, 6.45) is 1.64. The average molecular weight is 646 g/mol. The summed E-state index contributed by atoms with van der Waals surface area (Å²) < 4.78 is 27.7. The molecule has 0 bridgehead atoms. The number of hydrogen-bond donors (Lipinski definition) is 2. The summed E-state index contributed by atoms with van der Waals surface area (Å²) in [4.78, 5) is 39.0. The summed E-state index contributed by atoms with van der Waals surface area (Å²) in [7, 11) is -3.97. The van der Waals surface area contributed by atoms with Crippen LogP contribution in [0.15, 0.2) is 46.5 Å². The van der Waals surface area contributed by atoms with Crippen LogP contribution in [0.4, 0.5) is 5.69 Å². The Morgan fingerprint density at radius 2 is 2.03 bits per heavy atom. The first-order chi connectivity index (χ1) is 16.1. The molecule has 0 aliphatic carbocycles. The van der Waals surface area contributed by atoms with E-state index >= 15 is 0 Å². The van der Waals surface area contributed by atoms with Crippen molar-refractivity contribution in [1.82, 2.24) is 24.2 Å². The van der Waals surface area contributed by atoms with E-state index in [1.165, 1.54) is 11.0 Å². The van der Waals surface area contributed by atoms with Crippen LogP contribution in [-0.2, 0) is 19.6 Å². The van der Waals surface area contributed by atoms with E-state index in [-0.39, 0.29) is 53.7 Å². The molecule has 2 aliphatic rings. The SMILES string of the molecule is Cc1cc2c(cn1)SC(C(=O)N1CCN(S(=O)(=O)c3cc4cc(Cl)ccc4[nH]3)CC1C(N)=O)=[N+]2.[I-]. The van der Waals surface area contributed by atoms with Gasteiger partial charge in [-0.05, 0) is 31.2 Å². The monoisotopic (exact) mass is 645 g/mol. The predicted octanol–water partition coefficient (Wildman–Crippen LogP) is -1.61. The third kappa shape index (κ3) is 4.79. The van der Waals surface area contributed by atoms with E-state index in [1.807, 2.05) is 6.92 Å². The molecular formula is C21H19ClIN6O4S2. The molecule has 1 atom stereocenters. The topological polar surface area (TPSA) is 144 Å². The highest BCUT2D eigenvalue weighted by molar-refractivity contribution is 8.16. The number of aromatic amines is 1. The van der Waals surface area contributed by atoms with Gasteiger partial charge < -0.3 is 39.6 Å². The molecule has 5 rings (SSSR count). The largest absolute Gasteiger partial charge is 1.00 e. The van der Waals surface area contributed by atoms with E-state index in [9.17, 15) is 18.0 Å². The summed E-state index contributed by atoms with van der Waals surface area (Å²) in [6, 6.07) is 7.13.